The molecule has 0 N–H and O–H groups in total. The molecule has 1 rings (SSSR count). The van der Waals surface area contributed by atoms with Gasteiger partial charge in [0.1, 0.15) is 0 Å². The number of hydrogen-bond acceptors (Lipinski definition) is 4. The lowest BCUT2D eigenvalue weighted by atomic mass is 10.3. The lowest BCUT2D eigenvalue weighted by molar-refractivity contribution is -0.143. The van der Waals surface area contributed by atoms with Crippen LogP contribution in [0.25, 0.3) is 0 Å². The molecule has 0 saturated carbocycles. The normalized spacial score (nSPS) is 14.6. The Balaban J connectivity index is 2.89. The predicted octanol–water partition coefficient (Wildman–Crippen LogP) is 3.48. The molecule has 1 aromatic carbocycles. The van der Waals surface area contributed by atoms with Crippen molar-refractivity contribution in [1.82, 2.24) is 0 Å². The van der Waals surface area contributed by atoms with Crippen molar-refractivity contribution in [2.75, 3.05) is 13.2 Å². The van der Waals surface area contributed by atoms with E-state index in [9.17, 15) is 9.59 Å². The van der Waals surface area contributed by atoms with E-state index in [0.717, 1.165) is 0 Å². The molecule has 0 radical (unpaired) electrons. The SMILES string of the molecule is CCOC(=O)CC(C)P(c1ccccc1)C(C)CC(=O)OCC. The minimum atomic E-state index is -0.666. The van der Waals surface area contributed by atoms with Crippen molar-refractivity contribution >= 4 is 25.2 Å². The van der Waals surface area contributed by atoms with Crippen LogP contribution in [0.15, 0.2) is 30.3 Å². The Hall–Kier alpha value is -1.41. The summed E-state index contributed by atoms with van der Waals surface area (Å²) >= 11 is 0. The number of hydrogen-bond donors (Lipinski definition) is 0. The molecular formula is C18H27O4P. The molecule has 4 nitrogen and oxygen atoms in total. The first kappa shape index (κ1) is 19.6. The van der Waals surface area contributed by atoms with Crippen LogP contribution in [0.5, 0.6) is 0 Å². The summed E-state index contributed by atoms with van der Waals surface area (Å²) in [6, 6.07) is 10.1. The monoisotopic (exact) mass is 338 g/mol. The van der Waals surface area contributed by atoms with Crippen molar-refractivity contribution in [1.29, 1.82) is 0 Å². The standard InChI is InChI=1S/C18H27O4P/c1-5-21-17(19)12-14(3)23(16-10-8-7-9-11-16)15(4)13-18(20)22-6-2/h7-11,14-15H,5-6,12-13H2,1-4H3. The first-order chi connectivity index (χ1) is 11.0. The van der Waals surface area contributed by atoms with Gasteiger partial charge >= 0.3 is 11.9 Å². The van der Waals surface area contributed by atoms with Crippen LogP contribution in [0.1, 0.15) is 40.5 Å². The van der Waals surface area contributed by atoms with Crippen molar-refractivity contribution < 1.29 is 19.1 Å². The lowest BCUT2D eigenvalue weighted by Crippen LogP contribution is -2.24. The molecule has 0 aliphatic heterocycles. The van der Waals surface area contributed by atoms with Crippen LogP contribution in [0, 0.1) is 0 Å². The fourth-order valence-corrected chi connectivity index (χ4v) is 5.76. The predicted molar refractivity (Wildman–Crippen MR) is 94.4 cm³/mol. The van der Waals surface area contributed by atoms with Gasteiger partial charge in [-0.1, -0.05) is 52.1 Å². The van der Waals surface area contributed by atoms with Crippen molar-refractivity contribution in [3.63, 3.8) is 0 Å². The highest BCUT2D eigenvalue weighted by molar-refractivity contribution is 7.67. The fourth-order valence-electron chi connectivity index (χ4n) is 2.66. The third-order valence-corrected chi connectivity index (χ3v) is 6.70. The van der Waals surface area contributed by atoms with Crippen LogP contribution in [0.4, 0.5) is 0 Å². The fraction of sp³-hybridized carbons (Fsp3) is 0.556. The highest BCUT2D eigenvalue weighted by Gasteiger charge is 2.28. The maximum absolute atomic E-state index is 11.8. The Morgan fingerprint density at radius 2 is 1.35 bits per heavy atom. The second-order valence-corrected chi connectivity index (χ2v) is 8.55. The van der Waals surface area contributed by atoms with Gasteiger partial charge in [0.25, 0.3) is 0 Å². The van der Waals surface area contributed by atoms with E-state index in [1.54, 1.807) is 0 Å². The molecule has 1 aromatic rings. The van der Waals surface area contributed by atoms with Crippen molar-refractivity contribution in [2.24, 2.45) is 0 Å². The van der Waals surface area contributed by atoms with Gasteiger partial charge < -0.3 is 9.47 Å². The third-order valence-electron chi connectivity index (χ3n) is 3.54. The van der Waals surface area contributed by atoms with Crippen molar-refractivity contribution in [3.05, 3.63) is 30.3 Å². The molecule has 128 valence electrons. The van der Waals surface area contributed by atoms with E-state index in [2.05, 4.69) is 26.0 Å². The number of ether oxygens (including phenoxy) is 2. The van der Waals surface area contributed by atoms with E-state index in [4.69, 9.17) is 9.47 Å². The summed E-state index contributed by atoms with van der Waals surface area (Å²) in [5.74, 6) is -0.349. The third kappa shape index (κ3) is 6.70. The van der Waals surface area contributed by atoms with Crippen LogP contribution < -0.4 is 5.30 Å². The number of carbonyl (C=O) groups excluding carboxylic acids is 2. The molecule has 0 fully saturated rings. The van der Waals surface area contributed by atoms with Gasteiger partial charge in [-0.15, -0.1) is 0 Å². The van der Waals surface area contributed by atoms with Gasteiger partial charge in [-0.2, -0.15) is 0 Å². The molecule has 0 saturated heterocycles. The minimum Gasteiger partial charge on any atom is -0.466 e. The average Bonchev–Trinajstić information content (AvgIpc) is 2.48. The first-order valence-corrected chi connectivity index (χ1v) is 9.62. The Bertz CT molecular complexity index is 463. The van der Waals surface area contributed by atoms with E-state index in [-0.39, 0.29) is 23.3 Å². The molecule has 0 amide bonds. The van der Waals surface area contributed by atoms with Crippen LogP contribution >= 0.6 is 7.92 Å². The first-order valence-electron chi connectivity index (χ1n) is 8.14. The van der Waals surface area contributed by atoms with Crippen LogP contribution in [-0.2, 0) is 19.1 Å². The minimum absolute atomic E-state index is 0.149. The summed E-state index contributed by atoms with van der Waals surface area (Å²) < 4.78 is 10.2. The molecule has 0 aliphatic rings. The van der Waals surface area contributed by atoms with Crippen LogP contribution in [0.2, 0.25) is 0 Å². The van der Waals surface area contributed by atoms with E-state index < -0.39 is 7.92 Å². The molecule has 0 heterocycles. The molecule has 0 aliphatic carbocycles. The highest BCUT2D eigenvalue weighted by atomic mass is 31.1. The average molecular weight is 338 g/mol. The summed E-state index contributed by atoms with van der Waals surface area (Å²) in [6.07, 6.45) is 0.753. The van der Waals surface area contributed by atoms with E-state index in [1.807, 2.05) is 32.0 Å². The summed E-state index contributed by atoms with van der Waals surface area (Å²) in [5.41, 5.74) is 0.298. The van der Waals surface area contributed by atoms with Gasteiger partial charge in [0, 0.05) is 0 Å². The molecule has 2 atom stereocenters. The van der Waals surface area contributed by atoms with Gasteiger partial charge in [0.2, 0.25) is 0 Å². The number of benzene rings is 1. The Labute approximate surface area is 140 Å². The largest absolute Gasteiger partial charge is 0.466 e. The molecule has 0 spiro atoms. The number of rotatable bonds is 9. The topological polar surface area (TPSA) is 52.6 Å². The summed E-state index contributed by atoms with van der Waals surface area (Å²) in [5, 5.41) is 1.20. The molecular weight excluding hydrogens is 311 g/mol. The van der Waals surface area contributed by atoms with Gasteiger partial charge in [0.05, 0.1) is 26.1 Å². The van der Waals surface area contributed by atoms with Crippen LogP contribution in [0.3, 0.4) is 0 Å². The summed E-state index contributed by atoms with van der Waals surface area (Å²) in [7, 11) is -0.666. The van der Waals surface area contributed by atoms with Gasteiger partial charge in [-0.05, 0) is 30.5 Å². The zero-order chi connectivity index (χ0) is 17.2. The Kier molecular flexibility index (Phi) is 8.86. The molecule has 5 heteroatoms. The van der Waals surface area contributed by atoms with Gasteiger partial charge in [-0.3, -0.25) is 9.59 Å². The second kappa shape index (κ2) is 10.4. The molecule has 0 aromatic heterocycles. The van der Waals surface area contributed by atoms with E-state index in [1.165, 1.54) is 5.30 Å². The summed E-state index contributed by atoms with van der Waals surface area (Å²) in [6.45, 7) is 8.55. The number of esters is 2. The van der Waals surface area contributed by atoms with Gasteiger partial charge in [-0.25, -0.2) is 0 Å². The van der Waals surface area contributed by atoms with Crippen LogP contribution in [-0.4, -0.2) is 36.5 Å². The van der Waals surface area contributed by atoms with Gasteiger partial charge in [0.15, 0.2) is 0 Å². The maximum atomic E-state index is 11.8. The van der Waals surface area contributed by atoms with E-state index >= 15 is 0 Å². The zero-order valence-corrected chi connectivity index (χ0v) is 15.3. The Morgan fingerprint density at radius 3 is 1.74 bits per heavy atom. The second-order valence-electron chi connectivity index (χ2n) is 5.46. The zero-order valence-electron chi connectivity index (χ0n) is 14.5. The smallest absolute Gasteiger partial charge is 0.306 e. The Morgan fingerprint density at radius 1 is 0.913 bits per heavy atom. The van der Waals surface area contributed by atoms with Crippen molar-refractivity contribution in [3.8, 4) is 0 Å². The van der Waals surface area contributed by atoms with E-state index in [0.29, 0.717) is 26.1 Å². The maximum Gasteiger partial charge on any atom is 0.306 e. The molecule has 2 unspecified atom stereocenters. The quantitative estimate of drug-likeness (QED) is 0.511. The number of carbonyl (C=O) groups is 2. The molecule has 0 bridgehead atoms. The lowest BCUT2D eigenvalue weighted by Gasteiger charge is -2.30. The molecule has 23 heavy (non-hydrogen) atoms. The highest BCUT2D eigenvalue weighted by Crippen LogP contribution is 2.48. The van der Waals surface area contributed by atoms with Crippen molar-refractivity contribution in [2.45, 2.75) is 51.9 Å². The summed E-state index contributed by atoms with van der Waals surface area (Å²) in [4.78, 5) is 23.7.